The first-order valence-electron chi connectivity index (χ1n) is 9.79. The van der Waals surface area contributed by atoms with Gasteiger partial charge in [0.25, 0.3) is 15.9 Å². The third kappa shape index (κ3) is 4.18. The van der Waals surface area contributed by atoms with Gasteiger partial charge in [0.1, 0.15) is 5.75 Å². The van der Waals surface area contributed by atoms with Gasteiger partial charge < -0.3 is 9.64 Å². The Labute approximate surface area is 196 Å². The summed E-state index contributed by atoms with van der Waals surface area (Å²) in [5.41, 5.74) is 1.60. The number of para-hydroxylation sites is 2. The second-order valence-electron chi connectivity index (χ2n) is 7.09. The zero-order valence-corrected chi connectivity index (χ0v) is 19.9. The molecule has 0 saturated carbocycles. The predicted molar refractivity (Wildman–Crippen MR) is 129 cm³/mol. The molecule has 0 atom stereocenters. The van der Waals surface area contributed by atoms with Crippen LogP contribution in [0.1, 0.15) is 10.4 Å². The Kier molecular flexibility index (Phi) is 6.37. The largest absolute Gasteiger partial charge is 0.495 e. The molecule has 1 amide bonds. The average molecular weight is 489 g/mol. The Balaban J connectivity index is 1.61. The topological polar surface area (TPSA) is 66.9 Å². The maximum Gasteiger partial charge on any atom is 0.264 e. The Morgan fingerprint density at radius 1 is 1.09 bits per heavy atom. The summed E-state index contributed by atoms with van der Waals surface area (Å²) in [5, 5.41) is 0.560. The molecule has 0 saturated heterocycles. The van der Waals surface area contributed by atoms with Crippen LogP contribution in [-0.2, 0) is 10.0 Å². The Bertz CT molecular complexity index is 1260. The molecule has 0 radical (unpaired) electrons. The van der Waals surface area contributed by atoms with Crippen molar-refractivity contribution in [2.45, 2.75) is 9.79 Å². The molecule has 0 unspecified atom stereocenters. The quantitative estimate of drug-likeness (QED) is 0.509. The molecule has 166 valence electrons. The van der Waals surface area contributed by atoms with Crippen LogP contribution >= 0.6 is 23.4 Å². The lowest BCUT2D eigenvalue weighted by molar-refractivity contribution is 0.0987. The molecule has 0 bridgehead atoms. The first kappa shape index (κ1) is 22.5. The molecule has 1 aliphatic rings. The van der Waals surface area contributed by atoms with Crippen molar-refractivity contribution in [1.29, 1.82) is 0 Å². The van der Waals surface area contributed by atoms with Crippen molar-refractivity contribution in [3.63, 3.8) is 0 Å². The predicted octanol–water partition coefficient (Wildman–Crippen LogP) is 4.93. The summed E-state index contributed by atoms with van der Waals surface area (Å²) >= 11 is 7.81. The lowest BCUT2D eigenvalue weighted by atomic mass is 10.1. The van der Waals surface area contributed by atoms with Crippen LogP contribution in [0.5, 0.6) is 5.75 Å². The van der Waals surface area contributed by atoms with E-state index in [0.29, 0.717) is 28.6 Å². The van der Waals surface area contributed by atoms with E-state index in [9.17, 15) is 13.2 Å². The third-order valence-electron chi connectivity index (χ3n) is 5.21. The number of carbonyl (C=O) groups excluding carboxylic acids is 1. The van der Waals surface area contributed by atoms with E-state index in [1.165, 1.54) is 42.7 Å². The molecule has 4 rings (SSSR count). The minimum Gasteiger partial charge on any atom is -0.495 e. The molecule has 0 aliphatic carbocycles. The highest BCUT2D eigenvalue weighted by molar-refractivity contribution is 7.99. The van der Waals surface area contributed by atoms with Gasteiger partial charge in [0, 0.05) is 34.8 Å². The normalized spacial score (nSPS) is 13.4. The lowest BCUT2D eigenvalue weighted by Crippen LogP contribution is -2.35. The van der Waals surface area contributed by atoms with Gasteiger partial charge in [0.15, 0.2) is 0 Å². The van der Waals surface area contributed by atoms with Crippen LogP contribution in [0.15, 0.2) is 76.5 Å². The number of thioether (sulfide) groups is 1. The Hall–Kier alpha value is -2.68. The van der Waals surface area contributed by atoms with Crippen LogP contribution < -0.4 is 13.9 Å². The van der Waals surface area contributed by atoms with Gasteiger partial charge in [-0.1, -0.05) is 23.7 Å². The summed E-state index contributed by atoms with van der Waals surface area (Å²) in [6.07, 6.45) is 0. The number of fused-ring (bicyclic) bond motifs is 1. The molecule has 0 fully saturated rings. The van der Waals surface area contributed by atoms with Crippen LogP contribution in [-0.4, -0.2) is 40.8 Å². The fraction of sp³-hybridized carbons (Fsp3) is 0.174. The number of methoxy groups -OCH3 is 1. The fourth-order valence-electron chi connectivity index (χ4n) is 3.50. The van der Waals surface area contributed by atoms with Gasteiger partial charge in [0.05, 0.1) is 23.4 Å². The van der Waals surface area contributed by atoms with Crippen LogP contribution in [0.3, 0.4) is 0 Å². The number of rotatable bonds is 5. The molecule has 6 nitrogen and oxygen atoms in total. The zero-order valence-electron chi connectivity index (χ0n) is 17.5. The summed E-state index contributed by atoms with van der Waals surface area (Å²) in [7, 11) is -0.878. The second kappa shape index (κ2) is 9.05. The first-order chi connectivity index (χ1) is 15.3. The van der Waals surface area contributed by atoms with Crippen LogP contribution in [0.4, 0.5) is 11.4 Å². The molecule has 0 spiro atoms. The molecule has 32 heavy (non-hydrogen) atoms. The number of anilines is 2. The molecule has 0 aromatic heterocycles. The van der Waals surface area contributed by atoms with Gasteiger partial charge in [-0.25, -0.2) is 8.42 Å². The average Bonchev–Trinajstić information content (AvgIpc) is 2.82. The summed E-state index contributed by atoms with van der Waals surface area (Å²) in [6, 6.07) is 18.4. The summed E-state index contributed by atoms with van der Waals surface area (Å²) in [6.45, 7) is 0.549. The van der Waals surface area contributed by atoms with Gasteiger partial charge in [-0.2, -0.15) is 0 Å². The maximum atomic E-state index is 13.2. The van der Waals surface area contributed by atoms with E-state index in [2.05, 4.69) is 0 Å². The summed E-state index contributed by atoms with van der Waals surface area (Å²) in [5.74, 6) is 1.03. The molecule has 3 aromatic carbocycles. The molecule has 3 aromatic rings. The van der Waals surface area contributed by atoms with E-state index < -0.39 is 10.0 Å². The molecular formula is C23H21ClN2O4S2. The number of carbonyl (C=O) groups is 1. The molecular weight excluding hydrogens is 468 g/mol. The van der Waals surface area contributed by atoms with Crippen molar-refractivity contribution >= 4 is 50.7 Å². The van der Waals surface area contributed by atoms with Gasteiger partial charge in [-0.3, -0.25) is 9.10 Å². The van der Waals surface area contributed by atoms with Gasteiger partial charge in [0.2, 0.25) is 0 Å². The molecule has 9 heteroatoms. The smallest absolute Gasteiger partial charge is 0.264 e. The first-order valence-corrected chi connectivity index (χ1v) is 12.6. The van der Waals surface area contributed by atoms with Crippen molar-refractivity contribution in [3.8, 4) is 5.75 Å². The standard InChI is InChI=1S/C23H21ClN2O4S2/c1-25(19-5-3-4-6-21(19)30-2)32(28,29)18-10-7-16(8-11-18)23(27)26-13-14-31-22-12-9-17(24)15-20(22)26/h3-12,15H,13-14H2,1-2H3. The van der Waals surface area contributed by atoms with Crippen LogP contribution in [0.25, 0.3) is 0 Å². The minimum atomic E-state index is -3.84. The minimum absolute atomic E-state index is 0.0834. The number of benzene rings is 3. The second-order valence-corrected chi connectivity index (χ2v) is 10.6. The van der Waals surface area contributed by atoms with E-state index in [-0.39, 0.29) is 10.8 Å². The molecule has 0 N–H and O–H groups in total. The highest BCUT2D eigenvalue weighted by Gasteiger charge is 2.27. The van der Waals surface area contributed by atoms with E-state index in [1.54, 1.807) is 53.1 Å². The van der Waals surface area contributed by atoms with Gasteiger partial charge in [-0.15, -0.1) is 11.8 Å². The van der Waals surface area contributed by atoms with E-state index >= 15 is 0 Å². The fourth-order valence-corrected chi connectivity index (χ4v) is 5.85. The van der Waals surface area contributed by atoms with Gasteiger partial charge in [-0.05, 0) is 54.6 Å². The highest BCUT2D eigenvalue weighted by Crippen LogP contribution is 2.37. The van der Waals surface area contributed by atoms with Crippen molar-refractivity contribution < 1.29 is 17.9 Å². The van der Waals surface area contributed by atoms with Crippen molar-refractivity contribution in [3.05, 3.63) is 77.3 Å². The number of ether oxygens (including phenoxy) is 1. The number of halogens is 1. The molecule has 1 heterocycles. The SMILES string of the molecule is COc1ccccc1N(C)S(=O)(=O)c1ccc(C(=O)N2CCSc3ccc(Cl)cc32)cc1. The zero-order chi connectivity index (χ0) is 22.9. The summed E-state index contributed by atoms with van der Waals surface area (Å²) < 4.78 is 32.7. The van der Waals surface area contributed by atoms with E-state index in [1.807, 2.05) is 6.07 Å². The maximum absolute atomic E-state index is 13.2. The Morgan fingerprint density at radius 2 is 1.81 bits per heavy atom. The number of hydrogen-bond acceptors (Lipinski definition) is 5. The third-order valence-corrected chi connectivity index (χ3v) is 8.28. The van der Waals surface area contributed by atoms with Gasteiger partial charge >= 0.3 is 0 Å². The van der Waals surface area contributed by atoms with Crippen LogP contribution in [0, 0.1) is 0 Å². The lowest BCUT2D eigenvalue weighted by Gasteiger charge is -2.29. The van der Waals surface area contributed by atoms with Crippen molar-refractivity contribution in [1.82, 2.24) is 0 Å². The number of sulfonamides is 1. The van der Waals surface area contributed by atoms with Crippen molar-refractivity contribution in [2.75, 3.05) is 35.7 Å². The summed E-state index contributed by atoms with van der Waals surface area (Å²) in [4.78, 5) is 15.9. The monoisotopic (exact) mass is 488 g/mol. The molecule has 1 aliphatic heterocycles. The number of amides is 1. The number of hydrogen-bond donors (Lipinski definition) is 0. The Morgan fingerprint density at radius 3 is 2.53 bits per heavy atom. The van der Waals surface area contributed by atoms with Crippen molar-refractivity contribution in [2.24, 2.45) is 0 Å². The number of nitrogens with zero attached hydrogens (tertiary/aromatic N) is 2. The van der Waals surface area contributed by atoms with Crippen LogP contribution in [0.2, 0.25) is 5.02 Å². The van der Waals surface area contributed by atoms with E-state index in [4.69, 9.17) is 16.3 Å². The van der Waals surface area contributed by atoms with E-state index in [0.717, 1.165) is 16.3 Å². The highest BCUT2D eigenvalue weighted by atomic mass is 35.5.